The maximum Gasteiger partial charge on any atom is 0.246 e. The summed E-state index contributed by atoms with van der Waals surface area (Å²) < 4.78 is 26.7. The smallest absolute Gasteiger partial charge is 0.246 e. The molecule has 1 atom stereocenters. The Hall–Kier alpha value is -0.780. The van der Waals surface area contributed by atoms with E-state index >= 15 is 0 Å². The van der Waals surface area contributed by atoms with Crippen molar-refractivity contribution in [3.8, 4) is 0 Å². The fourth-order valence-electron chi connectivity index (χ4n) is 1.80. The summed E-state index contributed by atoms with van der Waals surface area (Å²) in [5, 5.41) is 0.169. The van der Waals surface area contributed by atoms with Crippen molar-refractivity contribution in [3.05, 3.63) is 23.2 Å². The molecular formula is C13H21ClN2O2S. The van der Waals surface area contributed by atoms with Crippen molar-refractivity contribution in [2.75, 3.05) is 18.8 Å². The number of halogens is 1. The average Bonchev–Trinajstić information content (AvgIpc) is 2.34. The first-order valence-corrected chi connectivity index (χ1v) is 8.20. The Morgan fingerprint density at radius 3 is 2.47 bits per heavy atom. The fraction of sp³-hybridized carbons (Fsp3) is 0.538. The molecule has 0 heterocycles. The Labute approximate surface area is 120 Å². The number of nitrogen functional groups attached to an aromatic ring is 1. The molecule has 0 radical (unpaired) electrons. The highest BCUT2D eigenvalue weighted by Crippen LogP contribution is 2.30. The number of hydrogen-bond donors (Lipinski definition) is 1. The number of sulfonamides is 1. The Kier molecular flexibility index (Phi) is 5.64. The van der Waals surface area contributed by atoms with Crippen LogP contribution in [0.5, 0.6) is 0 Å². The van der Waals surface area contributed by atoms with Gasteiger partial charge in [0.2, 0.25) is 10.0 Å². The van der Waals surface area contributed by atoms with Gasteiger partial charge in [-0.2, -0.15) is 4.31 Å². The summed E-state index contributed by atoms with van der Waals surface area (Å²) in [5.41, 5.74) is 5.96. The van der Waals surface area contributed by atoms with Gasteiger partial charge in [0.1, 0.15) is 4.90 Å². The van der Waals surface area contributed by atoms with Gasteiger partial charge in [0.25, 0.3) is 0 Å². The second kappa shape index (κ2) is 6.59. The third-order valence-electron chi connectivity index (χ3n) is 3.16. The maximum absolute atomic E-state index is 12.6. The molecule has 0 aromatic heterocycles. The predicted octanol–water partition coefficient (Wildman–Crippen LogP) is 2.98. The molecule has 0 bridgehead atoms. The highest BCUT2D eigenvalue weighted by atomic mass is 35.5. The Morgan fingerprint density at radius 1 is 1.37 bits per heavy atom. The minimum Gasteiger partial charge on any atom is -0.398 e. The van der Waals surface area contributed by atoms with E-state index in [9.17, 15) is 8.42 Å². The number of benzene rings is 1. The van der Waals surface area contributed by atoms with E-state index in [0.717, 1.165) is 6.42 Å². The van der Waals surface area contributed by atoms with E-state index in [4.69, 9.17) is 17.3 Å². The summed E-state index contributed by atoms with van der Waals surface area (Å²) >= 11 is 6.00. The molecule has 0 amide bonds. The second-order valence-electron chi connectivity index (χ2n) is 4.63. The molecular weight excluding hydrogens is 284 g/mol. The average molecular weight is 305 g/mol. The van der Waals surface area contributed by atoms with Gasteiger partial charge in [-0.05, 0) is 18.1 Å². The normalized spacial score (nSPS) is 13.7. The molecule has 0 aliphatic rings. The zero-order valence-electron chi connectivity index (χ0n) is 11.6. The first kappa shape index (κ1) is 16.3. The van der Waals surface area contributed by atoms with Gasteiger partial charge >= 0.3 is 0 Å². The summed E-state index contributed by atoms with van der Waals surface area (Å²) in [6.07, 6.45) is 0.921. The zero-order valence-corrected chi connectivity index (χ0v) is 13.1. The molecule has 4 nitrogen and oxygen atoms in total. The summed E-state index contributed by atoms with van der Waals surface area (Å²) in [7, 11) is -3.64. The van der Waals surface area contributed by atoms with Crippen LogP contribution in [0.1, 0.15) is 27.2 Å². The summed E-state index contributed by atoms with van der Waals surface area (Å²) in [4.78, 5) is 0.0156. The van der Waals surface area contributed by atoms with Crippen molar-refractivity contribution < 1.29 is 8.42 Å². The summed E-state index contributed by atoms with van der Waals surface area (Å²) in [6.45, 7) is 6.74. The number of nitrogens with two attached hydrogens (primary N) is 1. The Morgan fingerprint density at radius 2 is 2.00 bits per heavy atom. The van der Waals surface area contributed by atoms with Crippen molar-refractivity contribution in [2.45, 2.75) is 32.1 Å². The molecule has 1 rings (SSSR count). The lowest BCUT2D eigenvalue weighted by Gasteiger charge is -2.24. The van der Waals surface area contributed by atoms with E-state index in [1.165, 1.54) is 4.31 Å². The van der Waals surface area contributed by atoms with Gasteiger partial charge in [-0.15, -0.1) is 0 Å². The third-order valence-corrected chi connectivity index (χ3v) is 5.65. The van der Waals surface area contributed by atoms with Crippen LogP contribution in [0.25, 0.3) is 0 Å². The van der Waals surface area contributed by atoms with Crippen LogP contribution in [0, 0.1) is 5.92 Å². The number of hydrogen-bond acceptors (Lipinski definition) is 3. The highest BCUT2D eigenvalue weighted by molar-refractivity contribution is 7.89. The summed E-state index contributed by atoms with van der Waals surface area (Å²) in [6, 6.07) is 4.74. The fourth-order valence-corrected chi connectivity index (χ4v) is 4.00. The monoisotopic (exact) mass is 304 g/mol. The van der Waals surface area contributed by atoms with E-state index < -0.39 is 10.0 Å². The van der Waals surface area contributed by atoms with Gasteiger partial charge in [0, 0.05) is 13.1 Å². The molecule has 1 aromatic carbocycles. The van der Waals surface area contributed by atoms with Crippen LogP contribution < -0.4 is 5.73 Å². The second-order valence-corrected chi connectivity index (χ2v) is 6.91. The van der Waals surface area contributed by atoms with E-state index in [1.807, 2.05) is 20.8 Å². The number of rotatable bonds is 6. The van der Waals surface area contributed by atoms with Crippen LogP contribution in [0.3, 0.4) is 0 Å². The van der Waals surface area contributed by atoms with E-state index in [0.29, 0.717) is 19.0 Å². The lowest BCUT2D eigenvalue weighted by atomic mass is 10.1. The lowest BCUT2D eigenvalue weighted by Crippen LogP contribution is -2.35. The van der Waals surface area contributed by atoms with Crippen LogP contribution in [0.4, 0.5) is 5.69 Å². The Balaban J connectivity index is 3.21. The molecule has 1 unspecified atom stereocenters. The van der Waals surface area contributed by atoms with Crippen molar-refractivity contribution in [1.29, 1.82) is 0 Å². The molecule has 1 aromatic rings. The minimum absolute atomic E-state index is 0.0156. The lowest BCUT2D eigenvalue weighted by molar-refractivity contribution is 0.362. The molecule has 0 aliphatic heterocycles. The molecule has 0 spiro atoms. The van der Waals surface area contributed by atoms with Gasteiger partial charge < -0.3 is 5.73 Å². The third kappa shape index (κ3) is 3.61. The molecule has 2 N–H and O–H groups in total. The Bertz CT molecular complexity index is 511. The summed E-state index contributed by atoms with van der Waals surface area (Å²) in [5.74, 6) is 0.290. The predicted molar refractivity (Wildman–Crippen MR) is 79.8 cm³/mol. The number of nitrogens with zero attached hydrogens (tertiary/aromatic N) is 1. The molecule has 0 saturated carbocycles. The molecule has 0 aliphatic carbocycles. The van der Waals surface area contributed by atoms with Crippen LogP contribution in [0.15, 0.2) is 23.1 Å². The van der Waals surface area contributed by atoms with Gasteiger partial charge in [0.05, 0.1) is 10.7 Å². The maximum atomic E-state index is 12.6. The minimum atomic E-state index is -3.64. The van der Waals surface area contributed by atoms with E-state index in [2.05, 4.69) is 0 Å². The molecule has 19 heavy (non-hydrogen) atoms. The topological polar surface area (TPSA) is 63.4 Å². The first-order chi connectivity index (χ1) is 8.84. The van der Waals surface area contributed by atoms with Gasteiger partial charge in [-0.25, -0.2) is 8.42 Å². The van der Waals surface area contributed by atoms with E-state index in [-0.39, 0.29) is 15.6 Å². The van der Waals surface area contributed by atoms with Crippen molar-refractivity contribution in [1.82, 2.24) is 4.31 Å². The van der Waals surface area contributed by atoms with Crippen molar-refractivity contribution in [2.24, 2.45) is 5.92 Å². The van der Waals surface area contributed by atoms with Gasteiger partial charge in [-0.3, -0.25) is 0 Å². The van der Waals surface area contributed by atoms with Crippen molar-refractivity contribution >= 4 is 27.3 Å². The van der Waals surface area contributed by atoms with Crippen LogP contribution in [-0.4, -0.2) is 25.8 Å². The number of anilines is 1. The van der Waals surface area contributed by atoms with Crippen molar-refractivity contribution in [3.63, 3.8) is 0 Å². The highest BCUT2D eigenvalue weighted by Gasteiger charge is 2.28. The molecule has 0 saturated heterocycles. The largest absolute Gasteiger partial charge is 0.398 e. The molecule has 0 fully saturated rings. The van der Waals surface area contributed by atoms with Crippen LogP contribution in [0.2, 0.25) is 5.02 Å². The first-order valence-electron chi connectivity index (χ1n) is 6.38. The van der Waals surface area contributed by atoms with Crippen LogP contribution in [-0.2, 0) is 10.0 Å². The standard InChI is InChI=1S/C13H21ClN2O2S/c1-4-10(3)9-16(5-2)19(17,18)13-11(14)7-6-8-12(13)15/h6-8,10H,4-5,9,15H2,1-3H3. The van der Waals surface area contributed by atoms with Crippen LogP contribution >= 0.6 is 11.6 Å². The molecule has 108 valence electrons. The van der Waals surface area contributed by atoms with Gasteiger partial charge in [-0.1, -0.05) is 44.9 Å². The zero-order chi connectivity index (χ0) is 14.6. The quantitative estimate of drug-likeness (QED) is 0.822. The molecule has 6 heteroatoms. The SMILES string of the molecule is CCC(C)CN(CC)S(=O)(=O)c1c(N)cccc1Cl. The van der Waals surface area contributed by atoms with Gasteiger partial charge in [0.15, 0.2) is 0 Å². The van der Waals surface area contributed by atoms with E-state index in [1.54, 1.807) is 18.2 Å².